The van der Waals surface area contributed by atoms with Crippen molar-refractivity contribution >= 4 is 28.2 Å². The number of hydrogen-bond acceptors (Lipinski definition) is 5. The molecule has 3 atom stereocenters. The van der Waals surface area contributed by atoms with Crippen LogP contribution in [0.1, 0.15) is 39.0 Å². The summed E-state index contributed by atoms with van der Waals surface area (Å²) in [5.41, 5.74) is 5.58. The third-order valence-corrected chi connectivity index (χ3v) is 6.08. The Morgan fingerprint density at radius 2 is 2.05 bits per heavy atom. The van der Waals surface area contributed by atoms with Gasteiger partial charge < -0.3 is 15.4 Å². The van der Waals surface area contributed by atoms with E-state index in [0.717, 1.165) is 19.3 Å². The molecule has 0 saturated carbocycles. The van der Waals surface area contributed by atoms with Crippen LogP contribution in [0.2, 0.25) is 0 Å². The van der Waals surface area contributed by atoms with Gasteiger partial charge in [0.2, 0.25) is 0 Å². The summed E-state index contributed by atoms with van der Waals surface area (Å²) in [5.74, 6) is 0.224. The van der Waals surface area contributed by atoms with Crippen molar-refractivity contribution in [1.29, 1.82) is 0 Å². The van der Waals surface area contributed by atoms with Crippen LogP contribution in [0, 0.1) is 0 Å². The van der Waals surface area contributed by atoms with Crippen LogP contribution in [0.25, 0.3) is 0 Å². The Bertz CT molecular complexity index is 471. The first kappa shape index (κ1) is 19.7. The average Bonchev–Trinajstić information content (AvgIpc) is 3.05. The molecule has 0 aromatic rings. The lowest BCUT2D eigenvalue weighted by atomic mass is 10.1. The molecular weight excluding hydrogens is 328 g/mol. The second-order valence-corrected chi connectivity index (χ2v) is 8.23. The van der Waals surface area contributed by atoms with Gasteiger partial charge in [-0.05, 0) is 25.7 Å². The van der Waals surface area contributed by atoms with Crippen LogP contribution in [-0.2, 0) is 19.4 Å². The molecule has 0 radical (unpaired) electrons. The smallest absolute Gasteiger partial charge is 0.251 e. The van der Waals surface area contributed by atoms with Crippen molar-refractivity contribution in [3.05, 3.63) is 0 Å². The number of unbranched alkanes of at least 4 members (excludes halogenated alkanes) is 1. The minimum atomic E-state index is -2.99. The number of rotatable bonds is 6. The van der Waals surface area contributed by atoms with E-state index in [1.54, 1.807) is 4.90 Å². The lowest BCUT2D eigenvalue weighted by Gasteiger charge is -2.30. The summed E-state index contributed by atoms with van der Waals surface area (Å²) in [7, 11) is -2.99. The van der Waals surface area contributed by atoms with Gasteiger partial charge in [0, 0.05) is 19.1 Å². The molecule has 2 saturated heterocycles. The number of halogens is 1. The Kier molecular flexibility index (Phi) is 7.58. The van der Waals surface area contributed by atoms with Gasteiger partial charge in [0.25, 0.3) is 5.91 Å². The van der Waals surface area contributed by atoms with E-state index >= 15 is 0 Å². The van der Waals surface area contributed by atoms with Crippen molar-refractivity contribution in [2.45, 2.75) is 57.3 Å². The lowest BCUT2D eigenvalue weighted by Crippen LogP contribution is -2.47. The summed E-state index contributed by atoms with van der Waals surface area (Å²) in [6, 6.07) is -0.186. The quantitative estimate of drug-likeness (QED) is 0.759. The molecular formula is C14H27ClN2O4S. The molecule has 6 nitrogen and oxygen atoms in total. The Hall–Kier alpha value is -0.370. The second-order valence-electron chi connectivity index (χ2n) is 6.00. The fraction of sp³-hybridized carbons (Fsp3) is 0.929. The van der Waals surface area contributed by atoms with E-state index in [9.17, 15) is 13.2 Å². The highest BCUT2D eigenvalue weighted by atomic mass is 35.5. The van der Waals surface area contributed by atoms with Crippen molar-refractivity contribution in [1.82, 2.24) is 4.90 Å². The number of nitrogens with two attached hydrogens (primary N) is 1. The number of amides is 1. The van der Waals surface area contributed by atoms with Crippen LogP contribution in [0.15, 0.2) is 0 Å². The fourth-order valence-electron chi connectivity index (χ4n) is 3.07. The maximum absolute atomic E-state index is 12.7. The molecule has 22 heavy (non-hydrogen) atoms. The summed E-state index contributed by atoms with van der Waals surface area (Å²) in [6.45, 7) is 3.10. The van der Waals surface area contributed by atoms with Gasteiger partial charge in [-0.25, -0.2) is 8.42 Å². The fourth-order valence-corrected chi connectivity index (χ4v) is 4.80. The highest BCUT2D eigenvalue weighted by molar-refractivity contribution is 7.91. The zero-order valence-electron chi connectivity index (χ0n) is 13.1. The van der Waals surface area contributed by atoms with E-state index in [1.165, 1.54) is 0 Å². The van der Waals surface area contributed by atoms with Crippen molar-refractivity contribution < 1.29 is 17.9 Å². The van der Waals surface area contributed by atoms with Gasteiger partial charge in [-0.1, -0.05) is 13.3 Å². The molecule has 2 N–H and O–H groups in total. The molecule has 1 unspecified atom stereocenters. The Labute approximate surface area is 139 Å². The molecule has 2 fully saturated rings. The molecule has 0 aromatic heterocycles. The normalized spacial score (nSPS) is 30.0. The monoisotopic (exact) mass is 354 g/mol. The second kappa shape index (κ2) is 8.47. The number of nitrogens with zero attached hydrogens (tertiary/aromatic N) is 1. The third kappa shape index (κ3) is 4.81. The summed E-state index contributed by atoms with van der Waals surface area (Å²) < 4.78 is 29.0. The molecule has 8 heteroatoms. The van der Waals surface area contributed by atoms with E-state index in [2.05, 4.69) is 6.92 Å². The molecule has 2 aliphatic rings. The Morgan fingerprint density at radius 1 is 1.32 bits per heavy atom. The van der Waals surface area contributed by atoms with E-state index < -0.39 is 15.9 Å². The van der Waals surface area contributed by atoms with Gasteiger partial charge in [0.15, 0.2) is 9.84 Å². The summed E-state index contributed by atoms with van der Waals surface area (Å²) >= 11 is 0. The van der Waals surface area contributed by atoms with E-state index in [4.69, 9.17) is 10.5 Å². The van der Waals surface area contributed by atoms with E-state index in [-0.39, 0.29) is 42.0 Å². The number of sulfone groups is 1. The van der Waals surface area contributed by atoms with Gasteiger partial charge in [0.05, 0.1) is 17.6 Å². The van der Waals surface area contributed by atoms with Crippen molar-refractivity contribution in [3.8, 4) is 0 Å². The van der Waals surface area contributed by atoms with Crippen molar-refractivity contribution in [2.75, 3.05) is 24.6 Å². The molecule has 1 amide bonds. The van der Waals surface area contributed by atoms with Crippen LogP contribution in [0.5, 0.6) is 0 Å². The van der Waals surface area contributed by atoms with Gasteiger partial charge in [-0.15, -0.1) is 12.4 Å². The topological polar surface area (TPSA) is 89.7 Å². The first-order valence-corrected chi connectivity index (χ1v) is 9.65. The highest BCUT2D eigenvalue weighted by Crippen LogP contribution is 2.25. The third-order valence-electron chi connectivity index (χ3n) is 4.33. The van der Waals surface area contributed by atoms with Crippen LogP contribution in [0.3, 0.4) is 0 Å². The molecule has 2 heterocycles. The number of ether oxygens (including phenoxy) is 1. The maximum Gasteiger partial charge on any atom is 0.251 e. The zero-order valence-corrected chi connectivity index (χ0v) is 14.7. The van der Waals surface area contributed by atoms with Crippen molar-refractivity contribution in [3.63, 3.8) is 0 Å². The first-order valence-electron chi connectivity index (χ1n) is 7.83. The minimum absolute atomic E-state index is 0. The number of hydrogen-bond donors (Lipinski definition) is 1. The highest BCUT2D eigenvalue weighted by Gasteiger charge is 2.39. The predicted octanol–water partition coefficient (Wildman–Crippen LogP) is 0.730. The summed E-state index contributed by atoms with van der Waals surface area (Å²) in [6.07, 6.45) is 3.40. The number of carbonyl (C=O) groups is 1. The van der Waals surface area contributed by atoms with Crippen LogP contribution < -0.4 is 5.73 Å². The molecule has 2 rings (SSSR count). The molecule has 2 aliphatic heterocycles. The lowest BCUT2D eigenvalue weighted by molar-refractivity contribution is -0.144. The van der Waals surface area contributed by atoms with Crippen LogP contribution >= 0.6 is 12.4 Å². The largest absolute Gasteiger partial charge is 0.364 e. The predicted molar refractivity (Wildman–Crippen MR) is 87.9 cm³/mol. The van der Waals surface area contributed by atoms with Crippen LogP contribution in [0.4, 0.5) is 0 Å². The molecule has 0 aromatic carbocycles. The SMILES string of the molecule is CCCCN(C(=O)[C@@H]1CC[C@H](CN)O1)C1CCS(=O)(=O)C1.Cl. The molecule has 0 spiro atoms. The van der Waals surface area contributed by atoms with Crippen molar-refractivity contribution in [2.24, 2.45) is 5.73 Å². The van der Waals surface area contributed by atoms with E-state index in [1.807, 2.05) is 0 Å². The van der Waals surface area contributed by atoms with Gasteiger partial charge in [0.1, 0.15) is 6.10 Å². The van der Waals surface area contributed by atoms with Gasteiger partial charge >= 0.3 is 0 Å². The van der Waals surface area contributed by atoms with E-state index in [0.29, 0.717) is 25.9 Å². The average molecular weight is 355 g/mol. The van der Waals surface area contributed by atoms with Gasteiger partial charge in [-0.3, -0.25) is 4.79 Å². The zero-order chi connectivity index (χ0) is 15.5. The molecule has 0 bridgehead atoms. The maximum atomic E-state index is 12.7. The van der Waals surface area contributed by atoms with Crippen LogP contribution in [-0.4, -0.2) is 62.1 Å². The molecule has 0 aliphatic carbocycles. The Morgan fingerprint density at radius 3 is 2.55 bits per heavy atom. The van der Waals surface area contributed by atoms with Gasteiger partial charge in [-0.2, -0.15) is 0 Å². The number of carbonyl (C=O) groups excluding carboxylic acids is 1. The first-order chi connectivity index (χ1) is 9.96. The summed E-state index contributed by atoms with van der Waals surface area (Å²) in [4.78, 5) is 14.4. The summed E-state index contributed by atoms with van der Waals surface area (Å²) in [5, 5.41) is 0. The minimum Gasteiger partial charge on any atom is -0.364 e. The standard InChI is InChI=1S/C14H26N2O4S.ClH/c1-2-3-7-16(11-6-8-21(18,19)10-11)14(17)13-5-4-12(9-15)20-13;/h11-13H,2-10,15H2,1H3;1H/t11?,12-,13+;/m1./s1. The Balaban J connectivity index is 0.00000242. The molecule has 130 valence electrons.